The number of nitrogens with two attached hydrogens (primary N) is 1. The van der Waals surface area contributed by atoms with Crippen molar-refractivity contribution < 1.29 is 27.9 Å². The highest BCUT2D eigenvalue weighted by atomic mass is 35.5. The van der Waals surface area contributed by atoms with E-state index in [1.807, 2.05) is 36.4 Å². The number of rotatable bonds is 3. The molecule has 25 heavy (non-hydrogen) atoms. The van der Waals surface area contributed by atoms with E-state index in [2.05, 4.69) is 50.4 Å². The first-order valence-corrected chi connectivity index (χ1v) is 8.68. The molecule has 3 rings (SSSR count). The van der Waals surface area contributed by atoms with Crippen LogP contribution >= 0.6 is 0 Å². The molecule has 0 amide bonds. The molecule has 4 N–H and O–H groups in total. The number of halogens is 1. The van der Waals surface area contributed by atoms with Crippen LogP contribution in [0.3, 0.4) is 0 Å². The summed E-state index contributed by atoms with van der Waals surface area (Å²) in [6.45, 7) is 6.41. The number of benzene rings is 2. The molecule has 0 radical (unpaired) electrons. The Labute approximate surface area is 156 Å². The summed E-state index contributed by atoms with van der Waals surface area (Å²) in [7, 11) is 0. The first-order chi connectivity index (χ1) is 11.3. The van der Waals surface area contributed by atoms with Gasteiger partial charge in [-0.3, -0.25) is 0 Å². The molecule has 0 spiro atoms. The lowest BCUT2D eigenvalue weighted by atomic mass is 9.71. The molecule has 1 aliphatic rings. The minimum absolute atomic E-state index is 0. The van der Waals surface area contributed by atoms with Crippen LogP contribution < -0.4 is 17.7 Å². The van der Waals surface area contributed by atoms with Crippen LogP contribution in [0, 0.1) is 0 Å². The van der Waals surface area contributed by atoms with Crippen LogP contribution in [0.5, 0.6) is 0 Å². The SMILES string of the molecule is CC(C)(C)[NH2+][C@H]1CC(c2ccccc2)(c2ccccc2)[C@H](O)[C@@H]1O.[Cl-]. The lowest BCUT2D eigenvalue weighted by Crippen LogP contribution is -3.00. The zero-order valence-electron chi connectivity index (χ0n) is 15.1. The number of hydrogen-bond donors (Lipinski definition) is 3. The van der Waals surface area contributed by atoms with Crippen LogP contribution in [0.2, 0.25) is 0 Å². The number of hydrogen-bond acceptors (Lipinski definition) is 2. The summed E-state index contributed by atoms with van der Waals surface area (Å²) < 4.78 is 0. The maximum absolute atomic E-state index is 11.1. The van der Waals surface area contributed by atoms with Gasteiger partial charge in [0, 0.05) is 6.42 Å². The summed E-state index contributed by atoms with van der Waals surface area (Å²) in [6, 6.07) is 20.2. The lowest BCUT2D eigenvalue weighted by molar-refractivity contribution is -0.751. The fourth-order valence-electron chi connectivity index (χ4n) is 4.15. The number of quaternary nitrogens is 1. The lowest BCUT2D eigenvalue weighted by Gasteiger charge is -2.34. The Bertz CT molecular complexity index is 630. The van der Waals surface area contributed by atoms with Crippen LogP contribution in [-0.2, 0) is 5.41 Å². The van der Waals surface area contributed by atoms with Gasteiger partial charge in [-0.2, -0.15) is 0 Å². The third kappa shape index (κ3) is 3.75. The topological polar surface area (TPSA) is 57.1 Å². The molecule has 1 fully saturated rings. The molecule has 2 aromatic carbocycles. The molecule has 4 heteroatoms. The molecule has 0 heterocycles. The van der Waals surface area contributed by atoms with Gasteiger partial charge >= 0.3 is 0 Å². The smallest absolute Gasteiger partial charge is 0.133 e. The van der Waals surface area contributed by atoms with Gasteiger partial charge in [0.25, 0.3) is 0 Å². The molecule has 1 aliphatic carbocycles. The monoisotopic (exact) mass is 361 g/mol. The van der Waals surface area contributed by atoms with Gasteiger partial charge in [0.15, 0.2) is 0 Å². The van der Waals surface area contributed by atoms with Crippen molar-refractivity contribution in [2.45, 2.75) is 56.4 Å². The van der Waals surface area contributed by atoms with Gasteiger partial charge in [-0.25, -0.2) is 0 Å². The van der Waals surface area contributed by atoms with Crippen molar-refractivity contribution in [3.8, 4) is 0 Å². The Kier molecular flexibility index (Phi) is 5.95. The van der Waals surface area contributed by atoms with Gasteiger partial charge < -0.3 is 27.9 Å². The van der Waals surface area contributed by atoms with Gasteiger partial charge in [0.05, 0.1) is 17.1 Å². The molecular formula is C21H28ClNO2. The Balaban J connectivity index is 0.00000225. The average Bonchev–Trinajstić information content (AvgIpc) is 2.81. The molecule has 0 aromatic heterocycles. The summed E-state index contributed by atoms with van der Waals surface area (Å²) in [4.78, 5) is 0. The van der Waals surface area contributed by atoms with E-state index in [0.717, 1.165) is 11.1 Å². The van der Waals surface area contributed by atoms with Gasteiger partial charge in [0.2, 0.25) is 0 Å². The fraction of sp³-hybridized carbons (Fsp3) is 0.429. The maximum atomic E-state index is 11.1. The normalized spacial score (nSPS) is 25.4. The predicted molar refractivity (Wildman–Crippen MR) is 95.8 cm³/mol. The Hall–Kier alpha value is -1.39. The van der Waals surface area contributed by atoms with Crippen molar-refractivity contribution in [2.24, 2.45) is 0 Å². The zero-order valence-corrected chi connectivity index (χ0v) is 15.8. The second-order valence-corrected chi connectivity index (χ2v) is 8.04. The summed E-state index contributed by atoms with van der Waals surface area (Å²) in [5.41, 5.74) is 1.54. The second kappa shape index (κ2) is 7.46. The summed E-state index contributed by atoms with van der Waals surface area (Å²) in [5.74, 6) is 0. The molecule has 0 saturated heterocycles. The largest absolute Gasteiger partial charge is 1.00 e. The van der Waals surface area contributed by atoms with Crippen molar-refractivity contribution in [3.05, 3.63) is 71.8 Å². The van der Waals surface area contributed by atoms with Crippen LogP contribution in [0.1, 0.15) is 38.3 Å². The minimum Gasteiger partial charge on any atom is -1.00 e. The molecule has 1 saturated carbocycles. The van der Waals surface area contributed by atoms with Crippen LogP contribution in [0.25, 0.3) is 0 Å². The van der Waals surface area contributed by atoms with Crippen molar-refractivity contribution >= 4 is 0 Å². The quantitative estimate of drug-likeness (QED) is 0.645. The van der Waals surface area contributed by atoms with Gasteiger partial charge in [-0.05, 0) is 31.9 Å². The highest BCUT2D eigenvalue weighted by molar-refractivity contribution is 5.43. The van der Waals surface area contributed by atoms with Crippen LogP contribution in [0.15, 0.2) is 60.7 Å². The minimum atomic E-state index is -0.828. The Morgan fingerprint density at radius 2 is 1.32 bits per heavy atom. The molecule has 0 aliphatic heterocycles. The molecule has 3 atom stereocenters. The zero-order chi connectivity index (χ0) is 17.4. The van der Waals surface area contributed by atoms with E-state index >= 15 is 0 Å². The Morgan fingerprint density at radius 3 is 1.72 bits per heavy atom. The molecule has 2 aromatic rings. The van der Waals surface area contributed by atoms with Crippen LogP contribution in [0.4, 0.5) is 0 Å². The number of aliphatic hydroxyl groups excluding tert-OH is 2. The van der Waals surface area contributed by atoms with Gasteiger partial charge in [0.1, 0.15) is 12.1 Å². The first-order valence-electron chi connectivity index (χ1n) is 8.68. The highest BCUT2D eigenvalue weighted by Crippen LogP contribution is 2.46. The van der Waals surface area contributed by atoms with E-state index in [1.165, 1.54) is 0 Å². The maximum Gasteiger partial charge on any atom is 0.133 e. The average molecular weight is 362 g/mol. The van der Waals surface area contributed by atoms with E-state index < -0.39 is 17.6 Å². The predicted octanol–water partition coefficient (Wildman–Crippen LogP) is -1.17. The molecule has 3 nitrogen and oxygen atoms in total. The van der Waals surface area contributed by atoms with E-state index in [9.17, 15) is 10.2 Å². The van der Waals surface area contributed by atoms with E-state index in [0.29, 0.717) is 6.42 Å². The standard InChI is InChI=1S/C21H27NO2.ClH/c1-20(2,3)22-17-14-21(19(24)18(17)23,15-10-6-4-7-11-15)16-12-8-5-9-13-16;/h4-13,17-19,22-24H,14H2,1-3H3;1H/t17-,18+,19+;/m0./s1. The number of aliphatic hydroxyl groups is 2. The molecule has 0 unspecified atom stereocenters. The highest BCUT2D eigenvalue weighted by Gasteiger charge is 2.56. The van der Waals surface area contributed by atoms with Crippen molar-refractivity contribution in [1.29, 1.82) is 0 Å². The third-order valence-corrected chi connectivity index (χ3v) is 5.12. The second-order valence-electron chi connectivity index (χ2n) is 8.04. The Morgan fingerprint density at radius 1 is 0.880 bits per heavy atom. The van der Waals surface area contributed by atoms with Gasteiger partial charge in [-0.1, -0.05) is 60.7 Å². The summed E-state index contributed by atoms with van der Waals surface area (Å²) in [5, 5.41) is 24.1. The van der Waals surface area contributed by atoms with E-state index in [4.69, 9.17) is 0 Å². The van der Waals surface area contributed by atoms with Gasteiger partial charge in [-0.15, -0.1) is 0 Å². The van der Waals surface area contributed by atoms with E-state index in [1.54, 1.807) is 0 Å². The third-order valence-electron chi connectivity index (χ3n) is 5.12. The molecule has 0 bridgehead atoms. The molecular weight excluding hydrogens is 334 g/mol. The van der Waals surface area contributed by atoms with Crippen molar-refractivity contribution in [3.63, 3.8) is 0 Å². The first kappa shape index (κ1) is 19.9. The fourth-order valence-corrected chi connectivity index (χ4v) is 4.15. The van der Waals surface area contributed by atoms with Crippen LogP contribution in [-0.4, -0.2) is 34.0 Å². The van der Waals surface area contributed by atoms with Crippen molar-refractivity contribution in [2.75, 3.05) is 0 Å². The summed E-state index contributed by atoms with van der Waals surface area (Å²) >= 11 is 0. The van der Waals surface area contributed by atoms with Crippen molar-refractivity contribution in [1.82, 2.24) is 0 Å². The van der Waals surface area contributed by atoms with E-state index in [-0.39, 0.29) is 24.0 Å². The molecule has 136 valence electrons. The summed E-state index contributed by atoms with van der Waals surface area (Å²) in [6.07, 6.45) is -0.879.